The number of nitrogens with zero attached hydrogens (tertiary/aromatic N) is 3. The van der Waals surface area contributed by atoms with Gasteiger partial charge in [0.2, 0.25) is 0 Å². The summed E-state index contributed by atoms with van der Waals surface area (Å²) in [4.78, 5) is 3.98. The Bertz CT molecular complexity index is 539. The zero-order chi connectivity index (χ0) is 12.8. The summed E-state index contributed by atoms with van der Waals surface area (Å²) in [6, 6.07) is 7.33. The molecular weight excluding hydrogens is 226 g/mol. The molecule has 1 aromatic carbocycles. The maximum Gasteiger partial charge on any atom is 0.0992 e. The molecule has 92 valence electrons. The third-order valence-corrected chi connectivity index (χ3v) is 2.65. The Balaban J connectivity index is 1.85. The molecule has 18 heavy (non-hydrogen) atoms. The number of nitrogen functional groups attached to an aromatic ring is 1. The van der Waals surface area contributed by atoms with E-state index < -0.39 is 0 Å². The fraction of sp³-hybridized carbons (Fsp3) is 0.231. The molecule has 0 bridgehead atoms. The van der Waals surface area contributed by atoms with Crippen molar-refractivity contribution in [1.82, 2.24) is 9.55 Å². The van der Waals surface area contributed by atoms with Gasteiger partial charge in [-0.3, -0.25) is 0 Å². The number of nitrogens with two attached hydrogens (primary N) is 1. The summed E-state index contributed by atoms with van der Waals surface area (Å²) in [6.45, 7) is 1.71. The van der Waals surface area contributed by atoms with Crippen LogP contribution in [0, 0.1) is 11.3 Å². The van der Waals surface area contributed by atoms with Crippen LogP contribution >= 0.6 is 0 Å². The zero-order valence-electron chi connectivity index (χ0n) is 10.0. The van der Waals surface area contributed by atoms with Gasteiger partial charge in [0.05, 0.1) is 29.3 Å². The minimum Gasteiger partial charge on any atom is -0.397 e. The summed E-state index contributed by atoms with van der Waals surface area (Å²) in [5, 5.41) is 12.1. The first-order valence-corrected chi connectivity index (χ1v) is 5.79. The number of hydrogen-bond acceptors (Lipinski definition) is 4. The van der Waals surface area contributed by atoms with Gasteiger partial charge in [0.15, 0.2) is 0 Å². The van der Waals surface area contributed by atoms with E-state index in [1.165, 1.54) is 0 Å². The number of anilines is 2. The number of nitriles is 1. The Morgan fingerprint density at radius 3 is 3.06 bits per heavy atom. The van der Waals surface area contributed by atoms with Crippen LogP contribution in [0.15, 0.2) is 36.9 Å². The van der Waals surface area contributed by atoms with Gasteiger partial charge in [-0.15, -0.1) is 0 Å². The molecule has 0 unspecified atom stereocenters. The van der Waals surface area contributed by atoms with Gasteiger partial charge < -0.3 is 15.6 Å². The monoisotopic (exact) mass is 241 g/mol. The third kappa shape index (κ3) is 3.01. The second-order valence-electron chi connectivity index (χ2n) is 3.99. The van der Waals surface area contributed by atoms with Gasteiger partial charge in [0, 0.05) is 25.5 Å². The van der Waals surface area contributed by atoms with Crippen molar-refractivity contribution in [3.05, 3.63) is 42.5 Å². The molecule has 0 fully saturated rings. The molecule has 0 saturated carbocycles. The van der Waals surface area contributed by atoms with Crippen molar-refractivity contribution >= 4 is 11.4 Å². The van der Waals surface area contributed by atoms with E-state index in [2.05, 4.69) is 16.4 Å². The molecule has 2 aromatic rings. The number of nitrogens with one attached hydrogen (secondary N) is 1. The van der Waals surface area contributed by atoms with Crippen LogP contribution in [-0.4, -0.2) is 16.1 Å². The lowest BCUT2D eigenvalue weighted by molar-refractivity contribution is 0.661. The maximum atomic E-state index is 8.82. The number of hydrogen-bond donors (Lipinski definition) is 2. The number of imidazole rings is 1. The van der Waals surface area contributed by atoms with Crippen LogP contribution in [0.4, 0.5) is 11.4 Å². The summed E-state index contributed by atoms with van der Waals surface area (Å²) in [5.74, 6) is 0. The van der Waals surface area contributed by atoms with Gasteiger partial charge in [-0.2, -0.15) is 5.26 Å². The summed E-state index contributed by atoms with van der Waals surface area (Å²) in [6.07, 6.45) is 6.46. The van der Waals surface area contributed by atoms with Crippen LogP contribution < -0.4 is 11.1 Å². The second-order valence-corrected chi connectivity index (χ2v) is 3.99. The van der Waals surface area contributed by atoms with Gasteiger partial charge in [0.1, 0.15) is 0 Å². The van der Waals surface area contributed by atoms with Crippen molar-refractivity contribution in [2.24, 2.45) is 0 Å². The molecule has 0 aliphatic rings. The molecule has 0 amide bonds. The average molecular weight is 241 g/mol. The molecule has 0 aliphatic carbocycles. The highest BCUT2D eigenvalue weighted by atomic mass is 15.0. The van der Waals surface area contributed by atoms with Crippen molar-refractivity contribution in [3.8, 4) is 6.07 Å². The van der Waals surface area contributed by atoms with E-state index in [4.69, 9.17) is 11.0 Å². The van der Waals surface area contributed by atoms with E-state index in [1.807, 2.05) is 10.8 Å². The predicted molar refractivity (Wildman–Crippen MR) is 70.9 cm³/mol. The van der Waals surface area contributed by atoms with E-state index in [0.717, 1.165) is 25.2 Å². The topological polar surface area (TPSA) is 79.7 Å². The van der Waals surface area contributed by atoms with Crippen LogP contribution in [0.2, 0.25) is 0 Å². The number of benzene rings is 1. The quantitative estimate of drug-likeness (QED) is 0.618. The maximum absolute atomic E-state index is 8.82. The molecule has 1 heterocycles. The molecule has 5 heteroatoms. The molecule has 1 aromatic heterocycles. The molecule has 0 radical (unpaired) electrons. The highest BCUT2D eigenvalue weighted by Crippen LogP contribution is 2.19. The van der Waals surface area contributed by atoms with Crippen molar-refractivity contribution < 1.29 is 0 Å². The van der Waals surface area contributed by atoms with E-state index in [9.17, 15) is 0 Å². The lowest BCUT2D eigenvalue weighted by Crippen LogP contribution is -2.07. The standard InChI is InChI=1S/C13H15N5/c14-9-11-2-3-12(15)13(8-11)17-4-1-6-18-7-5-16-10-18/h2-3,5,7-8,10,17H,1,4,6,15H2. The molecule has 0 aliphatic heterocycles. The van der Waals surface area contributed by atoms with Crippen LogP contribution in [0.25, 0.3) is 0 Å². The lowest BCUT2D eigenvalue weighted by Gasteiger charge is -2.09. The first-order chi connectivity index (χ1) is 8.79. The predicted octanol–water partition coefficient (Wildman–Crippen LogP) is 1.84. The largest absolute Gasteiger partial charge is 0.397 e. The van der Waals surface area contributed by atoms with Gasteiger partial charge in [-0.05, 0) is 24.6 Å². The van der Waals surface area contributed by atoms with Gasteiger partial charge in [-0.25, -0.2) is 4.98 Å². The second kappa shape index (κ2) is 5.73. The van der Waals surface area contributed by atoms with Crippen LogP contribution in [0.1, 0.15) is 12.0 Å². The minimum atomic E-state index is 0.612. The molecular formula is C13H15N5. The van der Waals surface area contributed by atoms with Crippen molar-refractivity contribution in [3.63, 3.8) is 0 Å². The zero-order valence-corrected chi connectivity index (χ0v) is 10.0. The molecule has 3 N–H and O–H groups in total. The molecule has 2 rings (SSSR count). The lowest BCUT2D eigenvalue weighted by atomic mass is 10.2. The molecule has 0 atom stereocenters. The van der Waals surface area contributed by atoms with E-state index in [1.54, 1.807) is 30.7 Å². The van der Waals surface area contributed by atoms with Crippen LogP contribution in [0.3, 0.4) is 0 Å². The minimum absolute atomic E-state index is 0.612. The fourth-order valence-electron chi connectivity index (χ4n) is 1.68. The van der Waals surface area contributed by atoms with Crippen molar-refractivity contribution in [1.29, 1.82) is 5.26 Å². The van der Waals surface area contributed by atoms with E-state index in [0.29, 0.717) is 11.3 Å². The first-order valence-electron chi connectivity index (χ1n) is 5.79. The highest BCUT2D eigenvalue weighted by molar-refractivity contribution is 5.68. The Labute approximate surface area is 106 Å². The normalized spacial score (nSPS) is 9.94. The van der Waals surface area contributed by atoms with Crippen molar-refractivity contribution in [2.45, 2.75) is 13.0 Å². The Kier molecular flexibility index (Phi) is 3.82. The SMILES string of the molecule is N#Cc1ccc(N)c(NCCCn2ccnc2)c1. The van der Waals surface area contributed by atoms with Gasteiger partial charge in [0.25, 0.3) is 0 Å². The summed E-state index contributed by atoms with van der Waals surface area (Å²) in [5.41, 5.74) is 7.93. The van der Waals surface area contributed by atoms with Crippen LogP contribution in [-0.2, 0) is 6.54 Å². The van der Waals surface area contributed by atoms with Crippen molar-refractivity contribution in [2.75, 3.05) is 17.6 Å². The Hall–Kier alpha value is -2.48. The Morgan fingerprint density at radius 2 is 2.33 bits per heavy atom. The van der Waals surface area contributed by atoms with Gasteiger partial charge >= 0.3 is 0 Å². The number of aryl methyl sites for hydroxylation is 1. The smallest absolute Gasteiger partial charge is 0.0992 e. The third-order valence-electron chi connectivity index (χ3n) is 2.65. The summed E-state index contributed by atoms with van der Waals surface area (Å²) >= 11 is 0. The van der Waals surface area contributed by atoms with Crippen LogP contribution in [0.5, 0.6) is 0 Å². The molecule has 0 spiro atoms. The number of aromatic nitrogens is 2. The van der Waals surface area contributed by atoms with Gasteiger partial charge in [-0.1, -0.05) is 0 Å². The molecule has 5 nitrogen and oxygen atoms in total. The van der Waals surface area contributed by atoms with E-state index in [-0.39, 0.29) is 0 Å². The fourth-order valence-corrected chi connectivity index (χ4v) is 1.68. The van der Waals surface area contributed by atoms with E-state index >= 15 is 0 Å². The summed E-state index contributed by atoms with van der Waals surface area (Å²) < 4.78 is 2.02. The highest BCUT2D eigenvalue weighted by Gasteiger charge is 2.00. The first kappa shape index (κ1) is 12.0. The number of rotatable bonds is 5. The average Bonchev–Trinajstić information content (AvgIpc) is 2.89. The summed E-state index contributed by atoms with van der Waals surface area (Å²) in [7, 11) is 0. The molecule has 0 saturated heterocycles. The Morgan fingerprint density at radius 1 is 1.44 bits per heavy atom.